The summed E-state index contributed by atoms with van der Waals surface area (Å²) < 4.78 is 33.0. The van der Waals surface area contributed by atoms with Crippen LogP contribution in [0.15, 0.2) is 77.7 Å². The molecule has 3 rings (SSSR count). The normalized spacial score (nSPS) is 10.8. The SMILES string of the molecule is Cc1cccc(OCC(=O)NNC(=O)c2ccccc2NS(=O)(=O)c2ccc(Cl)cc2)c1. The number of nitrogens with one attached hydrogen (secondary N) is 3. The number of aryl methyl sites for hydroxylation is 1. The molecule has 0 aliphatic heterocycles. The minimum Gasteiger partial charge on any atom is -0.484 e. The molecule has 166 valence electrons. The highest BCUT2D eigenvalue weighted by molar-refractivity contribution is 7.92. The van der Waals surface area contributed by atoms with Crippen LogP contribution in [0.25, 0.3) is 0 Å². The van der Waals surface area contributed by atoms with E-state index in [-0.39, 0.29) is 22.8 Å². The molecule has 0 saturated carbocycles. The van der Waals surface area contributed by atoms with Gasteiger partial charge >= 0.3 is 0 Å². The first kappa shape index (κ1) is 23.1. The third kappa shape index (κ3) is 6.22. The van der Waals surface area contributed by atoms with Crippen molar-refractivity contribution in [3.63, 3.8) is 0 Å². The highest BCUT2D eigenvalue weighted by atomic mass is 35.5. The summed E-state index contributed by atoms with van der Waals surface area (Å²) in [6.45, 7) is 1.58. The number of ether oxygens (including phenoxy) is 1. The molecule has 0 aliphatic carbocycles. The molecule has 0 heterocycles. The van der Waals surface area contributed by atoms with Crippen LogP contribution in [0.1, 0.15) is 15.9 Å². The average molecular weight is 474 g/mol. The molecule has 3 aromatic rings. The van der Waals surface area contributed by atoms with Crippen LogP contribution < -0.4 is 20.3 Å². The van der Waals surface area contributed by atoms with Gasteiger partial charge in [-0.05, 0) is 61.0 Å². The van der Waals surface area contributed by atoms with Crippen molar-refractivity contribution < 1.29 is 22.7 Å². The average Bonchev–Trinajstić information content (AvgIpc) is 2.76. The molecule has 3 N–H and O–H groups in total. The molecule has 0 saturated heterocycles. The molecule has 0 atom stereocenters. The van der Waals surface area contributed by atoms with E-state index in [1.54, 1.807) is 30.3 Å². The maximum absolute atomic E-state index is 12.6. The number of carbonyl (C=O) groups excluding carboxylic acids is 2. The number of carbonyl (C=O) groups is 2. The summed E-state index contributed by atoms with van der Waals surface area (Å²) in [6, 6.07) is 18.8. The van der Waals surface area contributed by atoms with Crippen molar-refractivity contribution in [2.45, 2.75) is 11.8 Å². The number of para-hydroxylation sites is 1. The van der Waals surface area contributed by atoms with Crippen molar-refractivity contribution in [1.82, 2.24) is 10.9 Å². The van der Waals surface area contributed by atoms with Gasteiger partial charge in [-0.1, -0.05) is 35.9 Å². The zero-order chi connectivity index (χ0) is 23.1. The summed E-state index contributed by atoms with van der Waals surface area (Å²) in [5, 5.41) is 0.394. The number of anilines is 1. The van der Waals surface area contributed by atoms with Crippen LogP contribution in [0.5, 0.6) is 5.75 Å². The number of benzene rings is 3. The van der Waals surface area contributed by atoms with Gasteiger partial charge in [-0.25, -0.2) is 8.42 Å². The largest absolute Gasteiger partial charge is 0.484 e. The van der Waals surface area contributed by atoms with Crippen molar-refractivity contribution in [2.24, 2.45) is 0 Å². The lowest BCUT2D eigenvalue weighted by atomic mass is 10.2. The van der Waals surface area contributed by atoms with Crippen molar-refractivity contribution in [3.05, 3.63) is 88.9 Å². The highest BCUT2D eigenvalue weighted by Crippen LogP contribution is 2.21. The summed E-state index contributed by atoms with van der Waals surface area (Å²) in [6.07, 6.45) is 0. The zero-order valence-electron chi connectivity index (χ0n) is 17.0. The van der Waals surface area contributed by atoms with Gasteiger partial charge in [-0.2, -0.15) is 0 Å². The first-order valence-corrected chi connectivity index (χ1v) is 11.3. The van der Waals surface area contributed by atoms with Crippen LogP contribution in [0.3, 0.4) is 0 Å². The predicted octanol–water partition coefficient (Wildman–Crippen LogP) is 3.29. The maximum atomic E-state index is 12.6. The van der Waals surface area contributed by atoms with Crippen LogP contribution in [-0.2, 0) is 14.8 Å². The van der Waals surface area contributed by atoms with Crippen LogP contribution in [0.4, 0.5) is 5.69 Å². The summed E-state index contributed by atoms with van der Waals surface area (Å²) in [4.78, 5) is 24.5. The van der Waals surface area contributed by atoms with Crippen LogP contribution in [0.2, 0.25) is 5.02 Å². The minimum atomic E-state index is -3.96. The van der Waals surface area contributed by atoms with E-state index in [4.69, 9.17) is 16.3 Å². The second-order valence-corrected chi connectivity index (χ2v) is 8.83. The Bertz CT molecular complexity index is 1230. The summed E-state index contributed by atoms with van der Waals surface area (Å²) in [5.74, 6) is -0.768. The summed E-state index contributed by atoms with van der Waals surface area (Å²) in [7, 11) is -3.96. The lowest BCUT2D eigenvalue weighted by Gasteiger charge is -2.13. The highest BCUT2D eigenvalue weighted by Gasteiger charge is 2.19. The number of rotatable bonds is 7. The number of hydrazine groups is 1. The molecule has 0 radical (unpaired) electrons. The van der Waals surface area contributed by atoms with Crippen LogP contribution in [-0.4, -0.2) is 26.8 Å². The second-order valence-electron chi connectivity index (χ2n) is 6.71. The van der Waals surface area contributed by atoms with Gasteiger partial charge in [-0.3, -0.25) is 25.2 Å². The van der Waals surface area contributed by atoms with E-state index < -0.39 is 21.8 Å². The Labute approximate surface area is 190 Å². The van der Waals surface area contributed by atoms with Gasteiger partial charge in [-0.15, -0.1) is 0 Å². The fourth-order valence-corrected chi connectivity index (χ4v) is 3.88. The standard InChI is InChI=1S/C22H20ClN3O5S/c1-15-5-4-6-17(13-15)31-14-21(27)24-25-22(28)19-7-2-3-8-20(19)26-32(29,30)18-11-9-16(23)10-12-18/h2-13,26H,14H2,1H3,(H,24,27)(H,25,28). The third-order valence-electron chi connectivity index (χ3n) is 4.21. The Balaban J connectivity index is 1.62. The lowest BCUT2D eigenvalue weighted by Crippen LogP contribution is -2.44. The molecular weight excluding hydrogens is 454 g/mol. The molecule has 10 heteroatoms. The number of sulfonamides is 1. The first-order chi connectivity index (χ1) is 15.2. The summed E-state index contributed by atoms with van der Waals surface area (Å²) in [5.41, 5.74) is 5.53. The number of amides is 2. The van der Waals surface area contributed by atoms with Gasteiger partial charge in [0.05, 0.1) is 16.1 Å². The van der Waals surface area contributed by atoms with Gasteiger partial charge in [0.15, 0.2) is 6.61 Å². The molecule has 0 bridgehead atoms. The van der Waals surface area contributed by atoms with Gasteiger partial charge in [0.2, 0.25) is 0 Å². The molecule has 2 amide bonds. The minimum absolute atomic E-state index is 0.0151. The zero-order valence-corrected chi connectivity index (χ0v) is 18.5. The van der Waals surface area contributed by atoms with E-state index in [9.17, 15) is 18.0 Å². The Morgan fingerprint density at radius 2 is 1.66 bits per heavy atom. The van der Waals surface area contributed by atoms with Gasteiger partial charge < -0.3 is 4.74 Å². The Hall–Kier alpha value is -3.56. The monoisotopic (exact) mass is 473 g/mol. The Morgan fingerprint density at radius 3 is 2.38 bits per heavy atom. The molecule has 0 spiro atoms. The molecule has 0 unspecified atom stereocenters. The molecule has 32 heavy (non-hydrogen) atoms. The first-order valence-electron chi connectivity index (χ1n) is 9.41. The van der Waals surface area contributed by atoms with Crippen LogP contribution in [0, 0.1) is 6.92 Å². The number of halogens is 1. The fraction of sp³-hybridized carbons (Fsp3) is 0.0909. The predicted molar refractivity (Wildman–Crippen MR) is 121 cm³/mol. The lowest BCUT2D eigenvalue weighted by molar-refractivity contribution is -0.123. The van der Waals surface area contributed by atoms with E-state index in [2.05, 4.69) is 15.6 Å². The van der Waals surface area contributed by atoms with E-state index in [1.807, 2.05) is 13.0 Å². The smallest absolute Gasteiger partial charge is 0.276 e. The van der Waals surface area contributed by atoms with Gasteiger partial charge in [0.25, 0.3) is 21.8 Å². The van der Waals surface area contributed by atoms with Crippen molar-refractivity contribution in [1.29, 1.82) is 0 Å². The number of hydrogen-bond donors (Lipinski definition) is 3. The topological polar surface area (TPSA) is 114 Å². The van der Waals surface area contributed by atoms with Gasteiger partial charge in [0.1, 0.15) is 5.75 Å². The number of hydrogen-bond acceptors (Lipinski definition) is 5. The van der Waals surface area contributed by atoms with Crippen molar-refractivity contribution in [2.75, 3.05) is 11.3 Å². The molecule has 8 nitrogen and oxygen atoms in total. The van der Waals surface area contributed by atoms with E-state index in [0.29, 0.717) is 10.8 Å². The quantitative estimate of drug-likeness (QED) is 0.456. The van der Waals surface area contributed by atoms with Crippen molar-refractivity contribution >= 4 is 39.1 Å². The van der Waals surface area contributed by atoms with E-state index in [1.165, 1.54) is 36.4 Å². The fourth-order valence-electron chi connectivity index (χ4n) is 2.67. The molecular formula is C22H20ClN3O5S. The molecule has 3 aromatic carbocycles. The summed E-state index contributed by atoms with van der Waals surface area (Å²) >= 11 is 5.80. The third-order valence-corrected chi connectivity index (χ3v) is 5.85. The Kier molecular flexibility index (Phi) is 7.34. The molecule has 0 fully saturated rings. The maximum Gasteiger partial charge on any atom is 0.276 e. The van der Waals surface area contributed by atoms with E-state index >= 15 is 0 Å². The molecule has 0 aromatic heterocycles. The second kappa shape index (κ2) is 10.2. The van der Waals surface area contributed by atoms with Crippen LogP contribution >= 0.6 is 11.6 Å². The van der Waals surface area contributed by atoms with Gasteiger partial charge in [0, 0.05) is 5.02 Å². The van der Waals surface area contributed by atoms with Crippen molar-refractivity contribution in [3.8, 4) is 5.75 Å². The van der Waals surface area contributed by atoms with E-state index in [0.717, 1.165) is 5.56 Å². The molecule has 0 aliphatic rings. The Morgan fingerprint density at radius 1 is 0.938 bits per heavy atom.